The van der Waals surface area contributed by atoms with Gasteiger partial charge in [-0.3, -0.25) is 0 Å². The van der Waals surface area contributed by atoms with E-state index in [1.54, 1.807) is 5.32 Å². The van der Waals surface area contributed by atoms with Gasteiger partial charge in [0, 0.05) is 0 Å². The van der Waals surface area contributed by atoms with Gasteiger partial charge in [-0.1, -0.05) is 0 Å². The Morgan fingerprint density at radius 3 is 2.78 bits per heavy atom. The van der Waals surface area contributed by atoms with Gasteiger partial charge in [-0.25, -0.2) is 0 Å². The van der Waals surface area contributed by atoms with Gasteiger partial charge in [0.2, 0.25) is 5.88 Å². The fraction of sp³-hybridized carbons (Fsp3) is 0.500. The molecule has 0 bridgehead atoms. The van der Waals surface area contributed by atoms with Crippen molar-refractivity contribution in [3.05, 3.63) is 12.1 Å². The van der Waals surface area contributed by atoms with Gasteiger partial charge in [-0.2, -0.15) is 8.78 Å². The Hall–Kier alpha value is -1.00. The average Bonchev–Trinajstić information content (AvgIpc) is 1.78. The average molecular weight is 136 g/mol. The van der Waals surface area contributed by atoms with Gasteiger partial charge in [-0.15, -0.1) is 0 Å². The normalized spacial score (nSPS) is 23.6. The van der Waals surface area contributed by atoms with Gasteiger partial charge in [-0.05, 0) is 0 Å². The molecule has 0 unspecified atom stereocenters. The second kappa shape index (κ2) is 1.75. The molecule has 1 aliphatic rings. The zero-order chi connectivity index (χ0) is 6.91. The lowest BCUT2D eigenvalue weighted by molar-refractivity contribution is -0.0907. The summed E-state index contributed by atoms with van der Waals surface area (Å²) in [6, 6.07) is -2.97. The first kappa shape index (κ1) is 6.12. The lowest BCUT2D eigenvalue weighted by atomic mass is 10.5. The summed E-state index contributed by atoms with van der Waals surface area (Å²) >= 11 is 0. The summed E-state index contributed by atoms with van der Waals surface area (Å²) in [6.07, 6.45) is 0.934. The molecule has 0 saturated heterocycles. The quantitative estimate of drug-likeness (QED) is 0.459. The molecule has 0 radical (unpaired) electrons. The van der Waals surface area contributed by atoms with Gasteiger partial charge in [0.15, 0.2) is 6.61 Å². The van der Waals surface area contributed by atoms with Crippen molar-refractivity contribution < 1.29 is 13.5 Å². The Morgan fingerprint density at radius 1 is 1.78 bits per heavy atom. The Morgan fingerprint density at radius 2 is 2.44 bits per heavy atom. The van der Waals surface area contributed by atoms with Gasteiger partial charge >= 0.3 is 6.05 Å². The molecule has 0 aromatic rings. The summed E-state index contributed by atoms with van der Waals surface area (Å²) in [5.74, 6) is -0.0130. The molecule has 52 valence electrons. The maximum Gasteiger partial charge on any atom is 0.356 e. The first-order valence-corrected chi connectivity index (χ1v) is 2.34. The van der Waals surface area contributed by atoms with Crippen LogP contribution in [-0.2, 0) is 4.74 Å². The van der Waals surface area contributed by atoms with Crippen LogP contribution >= 0.6 is 0 Å². The van der Waals surface area contributed by atoms with Crippen LogP contribution in [0, 0.1) is 0 Å². The second-order valence-electron chi connectivity index (χ2n) is 1.68. The first-order chi connectivity index (χ1) is 4.10. The SMILES string of the molecule is NC1=CNC(F)(F)CO1. The van der Waals surface area contributed by atoms with Crippen LogP contribution in [0.3, 0.4) is 0 Å². The van der Waals surface area contributed by atoms with E-state index in [0.29, 0.717) is 0 Å². The molecule has 0 aliphatic carbocycles. The van der Waals surface area contributed by atoms with E-state index in [1.165, 1.54) is 0 Å². The monoisotopic (exact) mass is 136 g/mol. The van der Waals surface area contributed by atoms with Crippen LogP contribution in [0.1, 0.15) is 0 Å². The van der Waals surface area contributed by atoms with Crippen LogP contribution in [0.5, 0.6) is 0 Å². The van der Waals surface area contributed by atoms with E-state index in [2.05, 4.69) is 4.74 Å². The van der Waals surface area contributed by atoms with Crippen molar-refractivity contribution in [1.82, 2.24) is 5.32 Å². The Balaban J connectivity index is 2.56. The Labute approximate surface area is 50.5 Å². The second-order valence-corrected chi connectivity index (χ2v) is 1.68. The van der Waals surface area contributed by atoms with Crippen LogP contribution < -0.4 is 11.1 Å². The van der Waals surface area contributed by atoms with Gasteiger partial charge in [0.05, 0.1) is 6.20 Å². The van der Waals surface area contributed by atoms with Gasteiger partial charge in [0.1, 0.15) is 0 Å². The number of ether oxygens (including phenoxy) is 1. The summed E-state index contributed by atoms with van der Waals surface area (Å²) in [7, 11) is 0. The number of hydrogen-bond donors (Lipinski definition) is 2. The smallest absolute Gasteiger partial charge is 0.356 e. The van der Waals surface area contributed by atoms with Crippen molar-refractivity contribution >= 4 is 0 Å². The third kappa shape index (κ3) is 1.45. The van der Waals surface area contributed by atoms with Crippen molar-refractivity contribution in [2.75, 3.05) is 6.61 Å². The van der Waals surface area contributed by atoms with Crippen molar-refractivity contribution in [2.24, 2.45) is 5.73 Å². The maximum atomic E-state index is 12.0. The topological polar surface area (TPSA) is 47.3 Å². The number of alkyl halides is 2. The maximum absolute atomic E-state index is 12.0. The molecule has 0 aromatic carbocycles. The van der Waals surface area contributed by atoms with E-state index < -0.39 is 12.7 Å². The van der Waals surface area contributed by atoms with Gasteiger partial charge in [0.25, 0.3) is 0 Å². The van der Waals surface area contributed by atoms with Gasteiger partial charge < -0.3 is 15.8 Å². The fourth-order valence-electron chi connectivity index (χ4n) is 0.434. The Bertz CT molecular complexity index is 146. The van der Waals surface area contributed by atoms with Crippen molar-refractivity contribution in [1.29, 1.82) is 0 Å². The molecule has 3 nitrogen and oxygen atoms in total. The summed E-state index contributed by atoms with van der Waals surface area (Å²) < 4.78 is 28.4. The number of nitrogens with two attached hydrogens (primary N) is 1. The molecule has 1 heterocycles. The van der Waals surface area contributed by atoms with Crippen molar-refractivity contribution in [3.8, 4) is 0 Å². The molecule has 0 aromatic heterocycles. The van der Waals surface area contributed by atoms with E-state index in [1.807, 2.05) is 0 Å². The lowest BCUT2D eigenvalue weighted by Crippen LogP contribution is -2.41. The van der Waals surface area contributed by atoms with E-state index in [4.69, 9.17) is 5.73 Å². The lowest BCUT2D eigenvalue weighted by Gasteiger charge is -2.21. The molecule has 0 fully saturated rings. The molecule has 1 aliphatic heterocycles. The third-order valence-electron chi connectivity index (χ3n) is 0.846. The summed E-state index contributed by atoms with van der Waals surface area (Å²) in [5.41, 5.74) is 5.00. The van der Waals surface area contributed by atoms with Crippen molar-refractivity contribution in [2.45, 2.75) is 6.05 Å². The summed E-state index contributed by atoms with van der Waals surface area (Å²) in [4.78, 5) is 0. The minimum Gasteiger partial charge on any atom is -0.470 e. The molecule has 0 spiro atoms. The molecule has 9 heavy (non-hydrogen) atoms. The third-order valence-corrected chi connectivity index (χ3v) is 0.846. The van der Waals surface area contributed by atoms with Crippen LogP contribution in [0.4, 0.5) is 8.78 Å². The molecule has 3 N–H and O–H groups in total. The number of hydrogen-bond acceptors (Lipinski definition) is 3. The van der Waals surface area contributed by atoms with Crippen LogP contribution in [-0.4, -0.2) is 12.7 Å². The number of nitrogens with one attached hydrogen (secondary N) is 1. The highest BCUT2D eigenvalue weighted by molar-refractivity contribution is 4.91. The summed E-state index contributed by atoms with van der Waals surface area (Å²) in [5, 5.41) is 1.76. The van der Waals surface area contributed by atoms with E-state index in [9.17, 15) is 8.78 Å². The minimum absolute atomic E-state index is 0.0130. The molecule has 5 heteroatoms. The molecule has 0 saturated carbocycles. The minimum atomic E-state index is -2.97. The highest BCUT2D eigenvalue weighted by atomic mass is 19.3. The highest BCUT2D eigenvalue weighted by Crippen LogP contribution is 2.13. The molecular weight excluding hydrogens is 130 g/mol. The zero-order valence-electron chi connectivity index (χ0n) is 4.53. The van der Waals surface area contributed by atoms with E-state index >= 15 is 0 Å². The predicted molar refractivity (Wildman–Crippen MR) is 26.3 cm³/mol. The molecule has 0 amide bonds. The standard InChI is InChI=1S/C4H6F2N2O/c5-4(6)2-9-3(7)1-8-4/h1,8H,2,7H2. The fourth-order valence-corrected chi connectivity index (χ4v) is 0.434. The largest absolute Gasteiger partial charge is 0.470 e. The van der Waals surface area contributed by atoms with E-state index in [-0.39, 0.29) is 5.88 Å². The highest BCUT2D eigenvalue weighted by Gasteiger charge is 2.31. The van der Waals surface area contributed by atoms with Crippen LogP contribution in [0.25, 0.3) is 0 Å². The summed E-state index contributed by atoms with van der Waals surface area (Å²) in [6.45, 7) is -0.699. The Kier molecular flexibility index (Phi) is 1.19. The predicted octanol–water partition coefficient (Wildman–Crippen LogP) is -0.0434. The first-order valence-electron chi connectivity index (χ1n) is 2.34. The van der Waals surface area contributed by atoms with E-state index in [0.717, 1.165) is 6.20 Å². The van der Waals surface area contributed by atoms with Crippen LogP contribution in [0.2, 0.25) is 0 Å². The molecular formula is C4H6F2N2O. The molecule has 1 rings (SSSR count). The molecule has 0 atom stereocenters. The number of halogens is 2. The van der Waals surface area contributed by atoms with Crippen molar-refractivity contribution in [3.63, 3.8) is 0 Å². The zero-order valence-corrected chi connectivity index (χ0v) is 4.53. The number of rotatable bonds is 0. The van der Waals surface area contributed by atoms with Crippen LogP contribution in [0.15, 0.2) is 12.1 Å².